The molecule has 2 heterocycles. The van der Waals surface area contributed by atoms with Crippen LogP contribution in [0.2, 0.25) is 0 Å². The molecule has 1 saturated heterocycles. The smallest absolute Gasteiger partial charge is 0.228 e. The van der Waals surface area contributed by atoms with Crippen LogP contribution >= 0.6 is 0 Å². The van der Waals surface area contributed by atoms with Crippen LogP contribution in [0.25, 0.3) is 0 Å². The summed E-state index contributed by atoms with van der Waals surface area (Å²) in [5, 5.41) is 2.82. The van der Waals surface area contributed by atoms with E-state index >= 15 is 0 Å². The van der Waals surface area contributed by atoms with Crippen molar-refractivity contribution in [1.29, 1.82) is 0 Å². The molecular formula is C16H25N3O3S. The number of amides is 1. The van der Waals surface area contributed by atoms with E-state index in [1.807, 2.05) is 26.0 Å². The zero-order chi connectivity index (χ0) is 16.9. The van der Waals surface area contributed by atoms with Crippen LogP contribution in [0.15, 0.2) is 18.3 Å². The van der Waals surface area contributed by atoms with Crippen molar-refractivity contribution < 1.29 is 13.2 Å². The molecule has 1 N–H and O–H groups in total. The van der Waals surface area contributed by atoms with Crippen LogP contribution in [0.5, 0.6) is 0 Å². The first kappa shape index (κ1) is 17.9. The largest absolute Gasteiger partial charge is 0.310 e. The van der Waals surface area contributed by atoms with E-state index in [-0.39, 0.29) is 17.6 Å². The van der Waals surface area contributed by atoms with Crippen molar-refractivity contribution in [3.05, 3.63) is 23.9 Å². The second-order valence-corrected chi connectivity index (χ2v) is 8.14. The molecule has 0 radical (unpaired) electrons. The second kappa shape index (κ2) is 7.88. The molecule has 0 bridgehead atoms. The quantitative estimate of drug-likeness (QED) is 0.861. The van der Waals surface area contributed by atoms with E-state index in [1.54, 1.807) is 6.20 Å². The zero-order valence-corrected chi connectivity index (χ0v) is 14.6. The Bertz CT molecular complexity index is 638. The molecule has 1 amide bonds. The standard InChI is InChI=1S/C16H25N3O3S/c1-3-4-11-23(21,22)19-9-6-14(7-10-19)16(20)18-15-12-13(2)5-8-17-15/h5,8,12,14H,3-4,6-7,9-11H2,1-2H3,(H,17,18,20). The third kappa shape index (κ3) is 5.00. The average molecular weight is 339 g/mol. The molecule has 1 aromatic rings. The van der Waals surface area contributed by atoms with Gasteiger partial charge in [0.05, 0.1) is 5.75 Å². The van der Waals surface area contributed by atoms with Gasteiger partial charge in [0.15, 0.2) is 0 Å². The maximum atomic E-state index is 12.3. The number of nitrogens with zero attached hydrogens (tertiary/aromatic N) is 2. The van der Waals surface area contributed by atoms with Crippen molar-refractivity contribution in [2.75, 3.05) is 24.2 Å². The number of aryl methyl sites for hydroxylation is 1. The van der Waals surface area contributed by atoms with E-state index in [1.165, 1.54) is 4.31 Å². The Morgan fingerprint density at radius 1 is 1.39 bits per heavy atom. The Balaban J connectivity index is 1.87. The maximum Gasteiger partial charge on any atom is 0.228 e. The van der Waals surface area contributed by atoms with E-state index in [2.05, 4.69) is 10.3 Å². The van der Waals surface area contributed by atoms with Crippen LogP contribution in [0.1, 0.15) is 38.2 Å². The number of hydrogen-bond acceptors (Lipinski definition) is 4. The lowest BCUT2D eigenvalue weighted by Crippen LogP contribution is -2.42. The normalized spacial score (nSPS) is 17.1. The van der Waals surface area contributed by atoms with Gasteiger partial charge in [-0.15, -0.1) is 0 Å². The lowest BCUT2D eigenvalue weighted by Gasteiger charge is -2.30. The van der Waals surface area contributed by atoms with Crippen LogP contribution in [0.3, 0.4) is 0 Å². The summed E-state index contributed by atoms with van der Waals surface area (Å²) in [5.74, 6) is 0.518. The number of sulfonamides is 1. The Hall–Kier alpha value is -1.47. The third-order valence-electron chi connectivity index (χ3n) is 4.14. The van der Waals surface area contributed by atoms with Gasteiger partial charge in [0, 0.05) is 25.2 Å². The third-order valence-corrected chi connectivity index (χ3v) is 6.10. The number of piperidine rings is 1. The highest BCUT2D eigenvalue weighted by Crippen LogP contribution is 2.22. The summed E-state index contributed by atoms with van der Waals surface area (Å²) in [5.41, 5.74) is 1.03. The van der Waals surface area contributed by atoms with Gasteiger partial charge in [-0.05, 0) is 43.9 Å². The van der Waals surface area contributed by atoms with E-state index in [4.69, 9.17) is 0 Å². The van der Waals surface area contributed by atoms with Gasteiger partial charge in [-0.3, -0.25) is 4.79 Å². The molecular weight excluding hydrogens is 314 g/mol. The predicted molar refractivity (Wildman–Crippen MR) is 90.6 cm³/mol. The van der Waals surface area contributed by atoms with Crippen molar-refractivity contribution in [2.45, 2.75) is 39.5 Å². The van der Waals surface area contributed by atoms with Gasteiger partial charge in [0.2, 0.25) is 15.9 Å². The molecule has 7 heteroatoms. The first-order valence-electron chi connectivity index (χ1n) is 8.13. The SMILES string of the molecule is CCCCS(=O)(=O)N1CCC(C(=O)Nc2cc(C)ccn2)CC1. The number of aromatic nitrogens is 1. The minimum absolute atomic E-state index is 0.0753. The molecule has 0 unspecified atom stereocenters. The van der Waals surface area contributed by atoms with Crippen LogP contribution in [0, 0.1) is 12.8 Å². The highest BCUT2D eigenvalue weighted by molar-refractivity contribution is 7.89. The molecule has 6 nitrogen and oxygen atoms in total. The van der Waals surface area contributed by atoms with E-state index in [9.17, 15) is 13.2 Å². The highest BCUT2D eigenvalue weighted by Gasteiger charge is 2.30. The van der Waals surface area contributed by atoms with Gasteiger partial charge in [0.25, 0.3) is 0 Å². The lowest BCUT2D eigenvalue weighted by atomic mass is 9.97. The summed E-state index contributed by atoms with van der Waals surface area (Å²) in [6.07, 6.45) is 4.32. The van der Waals surface area contributed by atoms with Crippen molar-refractivity contribution in [2.24, 2.45) is 5.92 Å². The molecule has 0 aliphatic carbocycles. The van der Waals surface area contributed by atoms with Gasteiger partial charge < -0.3 is 5.32 Å². The van der Waals surface area contributed by atoms with E-state index in [0.717, 1.165) is 12.0 Å². The summed E-state index contributed by atoms with van der Waals surface area (Å²) < 4.78 is 25.9. The summed E-state index contributed by atoms with van der Waals surface area (Å²) in [4.78, 5) is 16.4. The number of nitrogens with one attached hydrogen (secondary N) is 1. The molecule has 0 saturated carbocycles. The van der Waals surface area contributed by atoms with Crippen molar-refractivity contribution >= 4 is 21.7 Å². The molecule has 2 rings (SSSR count). The van der Waals surface area contributed by atoms with Crippen LogP contribution in [-0.2, 0) is 14.8 Å². The number of anilines is 1. The number of rotatable bonds is 6. The lowest BCUT2D eigenvalue weighted by molar-refractivity contribution is -0.120. The summed E-state index contributed by atoms with van der Waals surface area (Å²) in [6, 6.07) is 3.69. The van der Waals surface area contributed by atoms with E-state index in [0.29, 0.717) is 38.2 Å². The van der Waals surface area contributed by atoms with Gasteiger partial charge >= 0.3 is 0 Å². The Kier molecular flexibility index (Phi) is 6.12. The molecule has 1 aromatic heterocycles. The molecule has 0 spiro atoms. The number of unbranched alkanes of at least 4 members (excludes halogenated alkanes) is 1. The van der Waals surface area contributed by atoms with Crippen LogP contribution in [-0.4, -0.2) is 42.5 Å². The first-order chi connectivity index (χ1) is 10.9. The first-order valence-corrected chi connectivity index (χ1v) is 9.74. The van der Waals surface area contributed by atoms with Gasteiger partial charge in [-0.25, -0.2) is 17.7 Å². The van der Waals surface area contributed by atoms with Crippen molar-refractivity contribution in [3.63, 3.8) is 0 Å². The van der Waals surface area contributed by atoms with Crippen molar-refractivity contribution in [3.8, 4) is 0 Å². The van der Waals surface area contributed by atoms with Crippen LogP contribution in [0.4, 0.5) is 5.82 Å². The number of hydrogen-bond donors (Lipinski definition) is 1. The summed E-state index contributed by atoms with van der Waals surface area (Å²) >= 11 is 0. The summed E-state index contributed by atoms with van der Waals surface area (Å²) in [6.45, 7) is 4.76. The van der Waals surface area contributed by atoms with Crippen LogP contribution < -0.4 is 5.32 Å². The molecule has 0 aromatic carbocycles. The minimum Gasteiger partial charge on any atom is -0.310 e. The second-order valence-electron chi connectivity index (χ2n) is 6.05. The molecule has 128 valence electrons. The number of pyridine rings is 1. The van der Waals surface area contributed by atoms with Gasteiger partial charge in [-0.1, -0.05) is 13.3 Å². The fourth-order valence-electron chi connectivity index (χ4n) is 2.68. The Morgan fingerprint density at radius 2 is 2.09 bits per heavy atom. The fraction of sp³-hybridized carbons (Fsp3) is 0.625. The number of carbonyl (C=O) groups excluding carboxylic acids is 1. The van der Waals surface area contributed by atoms with Crippen molar-refractivity contribution in [1.82, 2.24) is 9.29 Å². The van der Waals surface area contributed by atoms with Gasteiger partial charge in [-0.2, -0.15) is 0 Å². The fourth-order valence-corrected chi connectivity index (χ4v) is 4.36. The predicted octanol–water partition coefficient (Wildman–Crippen LogP) is 2.17. The highest BCUT2D eigenvalue weighted by atomic mass is 32.2. The van der Waals surface area contributed by atoms with Gasteiger partial charge in [0.1, 0.15) is 5.82 Å². The zero-order valence-electron chi connectivity index (χ0n) is 13.8. The summed E-state index contributed by atoms with van der Waals surface area (Å²) in [7, 11) is -3.17. The topological polar surface area (TPSA) is 79.4 Å². The molecule has 1 aliphatic heterocycles. The number of carbonyl (C=O) groups is 1. The Labute approximate surface area is 138 Å². The molecule has 1 aliphatic rings. The monoisotopic (exact) mass is 339 g/mol. The van der Waals surface area contributed by atoms with E-state index < -0.39 is 10.0 Å². The molecule has 0 atom stereocenters. The average Bonchev–Trinajstić information content (AvgIpc) is 2.53. The molecule has 1 fully saturated rings. The minimum atomic E-state index is -3.17. The maximum absolute atomic E-state index is 12.3. The Morgan fingerprint density at radius 3 is 2.70 bits per heavy atom. The molecule has 23 heavy (non-hydrogen) atoms.